The van der Waals surface area contributed by atoms with Crippen molar-refractivity contribution >= 4 is 73.8 Å². The molecule has 10 nitrogen and oxygen atoms in total. The molecular formula is C29H20ClF3N4O6S3. The van der Waals surface area contributed by atoms with Gasteiger partial charge in [0.25, 0.3) is 0 Å². The first-order valence-electron chi connectivity index (χ1n) is 13.3. The van der Waals surface area contributed by atoms with E-state index in [0.29, 0.717) is 15.5 Å². The summed E-state index contributed by atoms with van der Waals surface area (Å²) in [6.45, 7) is -0.487. The van der Waals surface area contributed by atoms with E-state index in [-0.39, 0.29) is 21.3 Å². The Morgan fingerprint density at radius 3 is 2.28 bits per heavy atom. The number of amides is 3. The van der Waals surface area contributed by atoms with E-state index in [1.165, 1.54) is 34.9 Å². The second-order valence-electron chi connectivity index (χ2n) is 10.4. The number of hydrogen-bond acceptors (Lipinski definition) is 8. The van der Waals surface area contributed by atoms with E-state index in [0.717, 1.165) is 46.2 Å². The summed E-state index contributed by atoms with van der Waals surface area (Å²) in [5.41, 5.74) is -0.487. The number of rotatable bonds is 6. The highest BCUT2D eigenvalue weighted by Crippen LogP contribution is 2.54. The lowest BCUT2D eigenvalue weighted by atomic mass is 9.83. The minimum Gasteiger partial charge on any atom is -0.325 e. The number of fused-ring (bicyclic) bond motifs is 2. The summed E-state index contributed by atoms with van der Waals surface area (Å²) in [4.78, 5) is 54.5. The van der Waals surface area contributed by atoms with E-state index in [4.69, 9.17) is 16.7 Å². The van der Waals surface area contributed by atoms with Gasteiger partial charge in [-0.15, -0.1) is 0 Å². The van der Waals surface area contributed by atoms with Crippen LogP contribution in [0.5, 0.6) is 0 Å². The number of anilines is 2. The number of imide groups is 1. The number of hydrogen-bond donors (Lipinski definition) is 2. The van der Waals surface area contributed by atoms with Crippen molar-refractivity contribution in [3.63, 3.8) is 0 Å². The molecule has 2 aliphatic heterocycles. The summed E-state index contributed by atoms with van der Waals surface area (Å²) in [6.07, 6.45) is -4.71. The number of primary sulfonamides is 1. The van der Waals surface area contributed by atoms with Crippen molar-refractivity contribution in [1.82, 2.24) is 4.57 Å². The molecule has 0 radical (unpaired) electrons. The first-order chi connectivity index (χ1) is 21.6. The molecule has 0 aliphatic carbocycles. The average molecular weight is 709 g/mol. The second-order valence-corrected chi connectivity index (χ2v) is 14.5. The van der Waals surface area contributed by atoms with Crippen LogP contribution in [0.2, 0.25) is 5.02 Å². The monoisotopic (exact) mass is 708 g/mol. The predicted octanol–water partition coefficient (Wildman–Crippen LogP) is 4.66. The van der Waals surface area contributed by atoms with E-state index in [2.05, 4.69) is 5.32 Å². The molecule has 3 amide bonds. The molecule has 1 fully saturated rings. The quantitative estimate of drug-likeness (QED) is 0.277. The Labute approximate surface area is 272 Å². The van der Waals surface area contributed by atoms with Crippen molar-refractivity contribution in [2.24, 2.45) is 11.1 Å². The van der Waals surface area contributed by atoms with Gasteiger partial charge in [-0.3, -0.25) is 23.7 Å². The van der Waals surface area contributed by atoms with Crippen LogP contribution in [0.4, 0.5) is 24.5 Å². The van der Waals surface area contributed by atoms with Crippen LogP contribution in [0.3, 0.4) is 0 Å². The number of nitrogens with zero attached hydrogens (tertiary/aromatic N) is 2. The minimum atomic E-state index is -4.71. The SMILES string of the molecule is NS(=O)(=O)c1ccc(NC(=O)Cn2c3c(sc2=O)C(c2ccc(Cl)cc2)C2C(=O)N(c4cccc(C(F)(F)F)c4)C(=O)C2S3)cc1. The normalized spacial score (nSPS) is 19.6. The van der Waals surface area contributed by atoms with Gasteiger partial charge in [0, 0.05) is 21.5 Å². The zero-order valence-corrected chi connectivity index (χ0v) is 26.2. The molecule has 0 bridgehead atoms. The van der Waals surface area contributed by atoms with Crippen molar-refractivity contribution in [2.45, 2.75) is 33.8 Å². The molecule has 3 aromatic carbocycles. The summed E-state index contributed by atoms with van der Waals surface area (Å²) in [5.74, 6) is -4.04. The van der Waals surface area contributed by atoms with Crippen LogP contribution in [-0.4, -0.2) is 36.0 Å². The van der Waals surface area contributed by atoms with Crippen molar-refractivity contribution < 1.29 is 36.0 Å². The number of halogens is 4. The third-order valence-electron chi connectivity index (χ3n) is 7.48. The van der Waals surface area contributed by atoms with Crippen LogP contribution in [-0.2, 0) is 37.1 Å². The Kier molecular flexibility index (Phi) is 8.13. The van der Waals surface area contributed by atoms with Gasteiger partial charge < -0.3 is 5.32 Å². The second kappa shape index (κ2) is 11.7. The van der Waals surface area contributed by atoms with Gasteiger partial charge in [-0.1, -0.05) is 52.9 Å². The number of benzene rings is 3. The van der Waals surface area contributed by atoms with E-state index in [1.54, 1.807) is 24.3 Å². The van der Waals surface area contributed by atoms with Crippen LogP contribution in [0.25, 0.3) is 0 Å². The molecule has 17 heteroatoms. The van der Waals surface area contributed by atoms with Gasteiger partial charge in [-0.25, -0.2) is 18.5 Å². The van der Waals surface area contributed by atoms with Gasteiger partial charge in [0.2, 0.25) is 27.7 Å². The van der Waals surface area contributed by atoms with Gasteiger partial charge in [0.05, 0.1) is 27.1 Å². The van der Waals surface area contributed by atoms with E-state index < -0.39 is 68.0 Å². The molecule has 46 heavy (non-hydrogen) atoms. The maximum atomic E-state index is 13.9. The number of nitrogens with two attached hydrogens (primary N) is 1. The Balaban J connectivity index is 1.37. The molecule has 1 saturated heterocycles. The summed E-state index contributed by atoms with van der Waals surface area (Å²) >= 11 is 7.79. The van der Waals surface area contributed by atoms with Crippen molar-refractivity contribution in [3.05, 3.63) is 103 Å². The fourth-order valence-electron chi connectivity index (χ4n) is 5.43. The van der Waals surface area contributed by atoms with E-state index in [1.807, 2.05) is 0 Å². The molecule has 3 atom stereocenters. The Morgan fingerprint density at radius 1 is 0.978 bits per heavy atom. The molecule has 0 saturated carbocycles. The van der Waals surface area contributed by atoms with Gasteiger partial charge in [-0.05, 0) is 60.2 Å². The fourth-order valence-corrected chi connectivity index (χ4v) is 8.85. The number of nitrogens with one attached hydrogen (secondary N) is 1. The number of thiazole rings is 1. The van der Waals surface area contributed by atoms with E-state index in [9.17, 15) is 40.8 Å². The Hall–Kier alpha value is -3.96. The molecule has 2 aliphatic rings. The highest BCUT2D eigenvalue weighted by molar-refractivity contribution is 8.00. The molecule has 238 valence electrons. The number of thioether (sulfide) groups is 1. The molecule has 0 spiro atoms. The van der Waals surface area contributed by atoms with Crippen LogP contribution in [0.15, 0.2) is 87.5 Å². The maximum absolute atomic E-state index is 13.9. The van der Waals surface area contributed by atoms with Crippen molar-refractivity contribution in [2.75, 3.05) is 10.2 Å². The van der Waals surface area contributed by atoms with Crippen molar-refractivity contribution in [1.29, 1.82) is 0 Å². The standard InChI is InChI=1S/C29H20ClF3N4O6S3/c30-16-6-4-14(5-7-16)21-22-23(26(40)37(25(22)39)18-3-1-2-15(12-18)29(31,32)33)44-27-24(21)45-28(41)36(27)13-20(38)35-17-8-10-19(11-9-17)46(34,42)43/h1-12,21-23H,13H2,(H,35,38)(H2,34,42,43). The van der Waals surface area contributed by atoms with Gasteiger partial charge in [0.1, 0.15) is 11.8 Å². The average Bonchev–Trinajstić information content (AvgIpc) is 3.43. The van der Waals surface area contributed by atoms with Crippen molar-refractivity contribution in [3.8, 4) is 0 Å². The van der Waals surface area contributed by atoms with Gasteiger partial charge in [-0.2, -0.15) is 13.2 Å². The van der Waals surface area contributed by atoms with Crippen LogP contribution in [0.1, 0.15) is 21.9 Å². The lowest BCUT2D eigenvalue weighted by Crippen LogP contribution is -2.33. The summed E-state index contributed by atoms with van der Waals surface area (Å²) in [5, 5.41) is 7.22. The highest BCUT2D eigenvalue weighted by Gasteiger charge is 2.57. The molecule has 3 heterocycles. The van der Waals surface area contributed by atoms with Gasteiger partial charge >= 0.3 is 11.0 Å². The third kappa shape index (κ3) is 5.86. The first kappa shape index (κ1) is 32.0. The fraction of sp³-hybridized carbons (Fsp3) is 0.172. The number of sulfonamides is 1. The topological polar surface area (TPSA) is 149 Å². The van der Waals surface area contributed by atoms with Crippen LogP contribution < -0.4 is 20.2 Å². The largest absolute Gasteiger partial charge is 0.416 e. The number of alkyl halides is 3. The zero-order chi connectivity index (χ0) is 33.1. The lowest BCUT2D eigenvalue weighted by Gasteiger charge is -2.30. The zero-order valence-electron chi connectivity index (χ0n) is 23.0. The molecule has 6 rings (SSSR count). The third-order valence-corrected chi connectivity index (χ3v) is 11.3. The first-order valence-corrected chi connectivity index (χ1v) is 16.9. The summed E-state index contributed by atoms with van der Waals surface area (Å²) in [6, 6.07) is 15.4. The molecule has 4 aromatic rings. The number of carbonyl (C=O) groups is 3. The molecule has 1 aromatic heterocycles. The molecule has 3 unspecified atom stereocenters. The highest BCUT2D eigenvalue weighted by atomic mass is 35.5. The number of aromatic nitrogens is 1. The minimum absolute atomic E-state index is 0.164. The van der Waals surface area contributed by atoms with Crippen LogP contribution >= 0.6 is 34.7 Å². The molecule has 3 N–H and O–H groups in total. The maximum Gasteiger partial charge on any atom is 0.416 e. The lowest BCUT2D eigenvalue weighted by molar-refractivity contribution is -0.137. The van der Waals surface area contributed by atoms with Gasteiger partial charge in [0.15, 0.2) is 0 Å². The van der Waals surface area contributed by atoms with E-state index >= 15 is 0 Å². The summed E-state index contributed by atoms with van der Waals surface area (Å²) in [7, 11) is -3.95. The number of carbonyl (C=O) groups excluding carboxylic acids is 3. The summed E-state index contributed by atoms with van der Waals surface area (Å²) < 4.78 is 64.7. The smallest absolute Gasteiger partial charge is 0.325 e. The molecular weight excluding hydrogens is 689 g/mol. The predicted molar refractivity (Wildman–Crippen MR) is 165 cm³/mol. The van der Waals surface area contributed by atoms with Crippen LogP contribution in [0, 0.1) is 5.92 Å². The Bertz CT molecular complexity index is 2070. The Morgan fingerprint density at radius 2 is 1.65 bits per heavy atom.